The molecule has 4 atom stereocenters. The van der Waals surface area contributed by atoms with E-state index in [1.54, 1.807) is 0 Å². The van der Waals surface area contributed by atoms with Crippen LogP contribution in [0.3, 0.4) is 0 Å². The maximum absolute atomic E-state index is 10.9. The molecule has 0 rings (SSSR count). The molecule has 49 heavy (non-hydrogen) atoms. The zero-order valence-electron chi connectivity index (χ0n) is 32.9. The van der Waals surface area contributed by atoms with Crippen molar-refractivity contribution in [3.8, 4) is 0 Å². The molecule has 6 nitrogen and oxygen atoms in total. The van der Waals surface area contributed by atoms with Gasteiger partial charge in [-0.3, -0.25) is 0 Å². The third-order valence-corrected chi connectivity index (χ3v) is 10.4. The van der Waals surface area contributed by atoms with Crippen LogP contribution in [0.5, 0.6) is 0 Å². The third-order valence-electron chi connectivity index (χ3n) is 9.49. The molecule has 0 aliphatic heterocycles. The third kappa shape index (κ3) is 48.5. The Balaban J connectivity index is -0.000000846. The van der Waals surface area contributed by atoms with Crippen molar-refractivity contribution >= 4 is 16.5 Å². The maximum atomic E-state index is 10.9. The van der Waals surface area contributed by atoms with Crippen LogP contribution in [0.1, 0.15) is 246 Å². The van der Waals surface area contributed by atoms with Gasteiger partial charge in [0.1, 0.15) is 12.2 Å². The van der Waals surface area contributed by atoms with Gasteiger partial charge in [0, 0.05) is 0 Å². The van der Waals surface area contributed by atoms with E-state index in [9.17, 15) is 18.9 Å². The molecule has 0 N–H and O–H groups in total. The number of rotatable bonds is 38. The summed E-state index contributed by atoms with van der Waals surface area (Å²) >= 11 is 0. The summed E-state index contributed by atoms with van der Waals surface area (Å²) in [6.45, 7) is 8.95. The van der Waals surface area contributed by atoms with Crippen LogP contribution >= 0.6 is 16.5 Å². The summed E-state index contributed by atoms with van der Waals surface area (Å²) in [5, 5.41) is 0. The predicted molar refractivity (Wildman–Crippen MR) is 205 cm³/mol. The second-order valence-corrected chi connectivity index (χ2v) is 15.6. The molecule has 0 aromatic carbocycles. The van der Waals surface area contributed by atoms with Crippen molar-refractivity contribution in [2.75, 3.05) is 0 Å². The largest absolute Gasteiger partial charge is 2.00 e. The fourth-order valence-corrected chi connectivity index (χ4v) is 7.32. The minimum atomic E-state index is -2.71. The van der Waals surface area contributed by atoms with Crippen LogP contribution in [0.25, 0.3) is 0 Å². The van der Waals surface area contributed by atoms with Gasteiger partial charge in [0.2, 0.25) is 0 Å². The van der Waals surface area contributed by atoms with Crippen molar-refractivity contribution < 1.29 is 44.5 Å². The molecule has 0 spiro atoms. The van der Waals surface area contributed by atoms with E-state index in [1.807, 2.05) is 0 Å². The number of unbranched alkanes of at least 4 members (excludes halogenated alkanes) is 26. The zero-order chi connectivity index (χ0) is 35.8. The van der Waals surface area contributed by atoms with Crippen LogP contribution in [0.4, 0.5) is 0 Å². The summed E-state index contributed by atoms with van der Waals surface area (Å²) in [6.07, 6.45) is 41.6. The molecule has 0 aromatic heterocycles. The molecule has 0 aliphatic rings. The van der Waals surface area contributed by atoms with E-state index in [-0.39, 0.29) is 28.7 Å². The molecule has 296 valence electrons. The molecule has 0 aromatic rings. The van der Waals surface area contributed by atoms with Crippen LogP contribution in [0.15, 0.2) is 0 Å². The Morgan fingerprint density at radius 1 is 0.347 bits per heavy atom. The van der Waals surface area contributed by atoms with E-state index < -0.39 is 16.5 Å². The van der Waals surface area contributed by atoms with Crippen molar-refractivity contribution in [3.63, 3.8) is 0 Å². The van der Waals surface area contributed by atoms with Gasteiger partial charge in [-0.25, -0.2) is 0 Å². The van der Waals surface area contributed by atoms with Gasteiger partial charge in [0.25, 0.3) is 0 Å². The fraction of sp³-hybridized carbons (Fsp3) is 1.00. The number of hydrogen-bond donors (Lipinski definition) is 0. The first-order valence-corrected chi connectivity index (χ1v) is 23.2. The Morgan fingerprint density at radius 3 is 0.673 bits per heavy atom. The average molecular weight is 780 g/mol. The van der Waals surface area contributed by atoms with Gasteiger partial charge in [-0.1, -0.05) is 220 Å². The summed E-state index contributed by atoms with van der Waals surface area (Å²) in [4.78, 5) is 21.7. The Kier molecular flexibility index (Phi) is 51.2. The van der Waals surface area contributed by atoms with Crippen molar-refractivity contribution in [2.45, 2.75) is 258 Å². The average Bonchev–Trinajstić information content (AvgIpc) is 3.05. The van der Waals surface area contributed by atoms with E-state index in [2.05, 4.69) is 27.7 Å². The molecule has 0 saturated heterocycles. The Bertz CT molecular complexity index is 604. The van der Waals surface area contributed by atoms with Gasteiger partial charge >= 0.3 is 33.0 Å². The quantitative estimate of drug-likeness (QED) is 0.0351. The Hall–Kier alpha value is 0.534. The molecule has 0 heterocycles. The van der Waals surface area contributed by atoms with Gasteiger partial charge in [-0.2, -0.15) is 0 Å². The molecule has 0 amide bonds. The van der Waals surface area contributed by atoms with Crippen molar-refractivity contribution in [3.05, 3.63) is 0 Å². The summed E-state index contributed by atoms with van der Waals surface area (Å²) in [5.41, 5.74) is 0. The normalized spacial score (nSPS) is 12.9. The van der Waals surface area contributed by atoms with Crippen molar-refractivity contribution in [2.24, 2.45) is 0 Å². The van der Waals surface area contributed by atoms with Gasteiger partial charge in [0.05, 0.1) is 0 Å². The summed E-state index contributed by atoms with van der Waals surface area (Å²) in [5.74, 6) is 0. The van der Waals surface area contributed by atoms with Crippen LogP contribution in [-0.2, 0) is 34.7 Å². The molecule has 0 radical (unpaired) electrons. The fourth-order valence-electron chi connectivity index (χ4n) is 6.41. The molecule has 0 bridgehead atoms. The summed E-state index contributed by atoms with van der Waals surface area (Å²) < 4.78 is 32.0. The van der Waals surface area contributed by atoms with Crippen molar-refractivity contribution in [1.29, 1.82) is 0 Å². The summed E-state index contributed by atoms with van der Waals surface area (Å²) in [7, 11) is -5.41. The van der Waals surface area contributed by atoms with E-state index >= 15 is 0 Å². The van der Waals surface area contributed by atoms with Crippen LogP contribution < -0.4 is 9.79 Å². The molecular formula is C40H82NiO6P2+2. The van der Waals surface area contributed by atoms with E-state index in [0.717, 1.165) is 51.4 Å². The van der Waals surface area contributed by atoms with Crippen molar-refractivity contribution in [1.82, 2.24) is 0 Å². The standard InChI is InChI=1S/2C20H41O3P.Ni/c2*1-3-5-7-9-11-13-15-17-19-20(23-24(21)22)18-16-14-12-10-8-6-4-2;/h2*20H,3-19H2,1-2H3;/q;;+2. The molecule has 9 heteroatoms. The van der Waals surface area contributed by atoms with Gasteiger partial charge in [-0.05, 0) is 34.8 Å². The first kappa shape index (κ1) is 53.9. The second kappa shape index (κ2) is 46.6. The SMILES string of the molecule is CCCCCCCCCCC(CCCCCCCCC)O[P+](=O)[O-].CCCCCCCCCCC(CCCCCCCCC)O[P+](=O)[O-].[Ni+2]. The molecule has 0 fully saturated rings. The molecule has 0 aliphatic carbocycles. The minimum absolute atomic E-state index is 0. The van der Waals surface area contributed by atoms with Crippen LogP contribution in [0.2, 0.25) is 0 Å². The smallest absolute Gasteiger partial charge is 0.566 e. The van der Waals surface area contributed by atoms with E-state index in [0.29, 0.717) is 0 Å². The van der Waals surface area contributed by atoms with Crippen LogP contribution in [0, 0.1) is 0 Å². The van der Waals surface area contributed by atoms with Gasteiger partial charge in [-0.15, -0.1) is 9.05 Å². The number of hydrogen-bond acceptors (Lipinski definition) is 6. The van der Waals surface area contributed by atoms with Gasteiger partial charge in [0.15, 0.2) is 0 Å². The van der Waals surface area contributed by atoms with E-state index in [1.165, 1.54) is 167 Å². The molecule has 0 saturated carbocycles. The monoisotopic (exact) mass is 778 g/mol. The molecular weight excluding hydrogens is 697 g/mol. The van der Waals surface area contributed by atoms with Crippen LogP contribution in [-0.4, -0.2) is 12.2 Å². The minimum Gasteiger partial charge on any atom is -0.566 e. The Labute approximate surface area is 318 Å². The molecule has 4 unspecified atom stereocenters. The maximum Gasteiger partial charge on any atom is 2.00 e. The van der Waals surface area contributed by atoms with E-state index in [4.69, 9.17) is 9.05 Å². The summed E-state index contributed by atoms with van der Waals surface area (Å²) in [6, 6.07) is 0. The second-order valence-electron chi connectivity index (χ2n) is 14.2. The predicted octanol–water partition coefficient (Wildman–Crippen LogP) is 14.1. The first-order valence-electron chi connectivity index (χ1n) is 21.0. The zero-order valence-corrected chi connectivity index (χ0v) is 35.6. The first-order chi connectivity index (χ1) is 23.4. The topological polar surface area (TPSA) is 98.7 Å². The Morgan fingerprint density at radius 2 is 0.510 bits per heavy atom. The van der Waals surface area contributed by atoms with Gasteiger partial charge < -0.3 is 9.79 Å².